The molecule has 0 saturated heterocycles. The predicted molar refractivity (Wildman–Crippen MR) is 108 cm³/mol. The molecule has 0 aliphatic rings. The Balaban J connectivity index is 2.02. The molecule has 3 aromatic rings. The smallest absolute Gasteiger partial charge is 0.190 e. The maximum atomic E-state index is 13.0. The molecule has 1 N–H and O–H groups in total. The number of para-hydroxylation sites is 1. The van der Waals surface area contributed by atoms with Gasteiger partial charge in [-0.2, -0.15) is 5.10 Å². The molecule has 4 heteroatoms. The number of pyridine rings is 1. The van der Waals surface area contributed by atoms with Crippen molar-refractivity contribution >= 4 is 28.1 Å². The summed E-state index contributed by atoms with van der Waals surface area (Å²) in [4.78, 5) is 17.6. The molecule has 0 saturated carbocycles. The lowest BCUT2D eigenvalue weighted by Gasteiger charge is -2.18. The lowest BCUT2D eigenvalue weighted by Crippen LogP contribution is -2.30. The van der Waals surface area contributed by atoms with Crippen molar-refractivity contribution in [2.45, 2.75) is 27.7 Å². The zero-order chi connectivity index (χ0) is 18.7. The Morgan fingerprint density at radius 1 is 0.962 bits per heavy atom. The van der Waals surface area contributed by atoms with Crippen LogP contribution in [0.15, 0.2) is 65.8 Å². The van der Waals surface area contributed by atoms with Crippen molar-refractivity contribution < 1.29 is 4.79 Å². The van der Waals surface area contributed by atoms with Crippen LogP contribution < -0.4 is 5.43 Å². The molecule has 0 atom stereocenters. The highest BCUT2D eigenvalue weighted by molar-refractivity contribution is 6.47. The molecule has 4 nitrogen and oxygen atoms in total. The normalized spacial score (nSPS) is 12.2. The van der Waals surface area contributed by atoms with Crippen molar-refractivity contribution in [1.29, 1.82) is 0 Å². The van der Waals surface area contributed by atoms with Gasteiger partial charge in [-0.25, -0.2) is 4.98 Å². The Labute approximate surface area is 154 Å². The average molecular weight is 345 g/mol. The van der Waals surface area contributed by atoms with Gasteiger partial charge in [0, 0.05) is 10.8 Å². The van der Waals surface area contributed by atoms with Gasteiger partial charge in [-0.3, -0.25) is 10.2 Å². The van der Waals surface area contributed by atoms with E-state index in [1.54, 1.807) is 0 Å². The monoisotopic (exact) mass is 345 g/mol. The van der Waals surface area contributed by atoms with Crippen LogP contribution >= 0.6 is 0 Å². The van der Waals surface area contributed by atoms with E-state index in [-0.39, 0.29) is 5.78 Å². The highest BCUT2D eigenvalue weighted by Crippen LogP contribution is 2.20. The van der Waals surface area contributed by atoms with Gasteiger partial charge in [0.05, 0.1) is 16.9 Å². The molecule has 0 spiro atoms. The summed E-state index contributed by atoms with van der Waals surface area (Å²) >= 11 is 0. The number of carbonyl (C=O) groups is 1. The second-order valence-corrected chi connectivity index (χ2v) is 7.41. The van der Waals surface area contributed by atoms with E-state index >= 15 is 0 Å². The number of nitrogens with zero attached hydrogens (tertiary/aromatic N) is 2. The minimum Gasteiger partial charge on any atom is -0.292 e. The van der Waals surface area contributed by atoms with Crippen molar-refractivity contribution in [2.75, 3.05) is 5.43 Å². The number of anilines is 1. The summed E-state index contributed by atoms with van der Waals surface area (Å²) in [5, 5.41) is 5.45. The number of nitrogens with one attached hydrogen (secondary N) is 1. The summed E-state index contributed by atoms with van der Waals surface area (Å²) in [7, 11) is 0. The van der Waals surface area contributed by atoms with E-state index in [9.17, 15) is 4.79 Å². The largest absolute Gasteiger partial charge is 0.292 e. The van der Waals surface area contributed by atoms with Crippen molar-refractivity contribution in [3.63, 3.8) is 0 Å². The zero-order valence-corrected chi connectivity index (χ0v) is 15.6. The maximum Gasteiger partial charge on any atom is 0.190 e. The number of aromatic nitrogens is 1. The van der Waals surface area contributed by atoms with Crippen molar-refractivity contribution in [3.8, 4) is 0 Å². The van der Waals surface area contributed by atoms with Crippen LogP contribution in [0.1, 0.15) is 32.0 Å². The molecule has 0 radical (unpaired) electrons. The predicted octanol–water partition coefficient (Wildman–Crippen LogP) is 4.97. The molecule has 1 aromatic heterocycles. The number of Topliss-reactive ketones (excluding diaryl/α,β-unsaturated/α-hetero) is 1. The van der Waals surface area contributed by atoms with Gasteiger partial charge in [-0.1, -0.05) is 62.7 Å². The Hall–Kier alpha value is -3.01. The lowest BCUT2D eigenvalue weighted by atomic mass is 9.87. The number of rotatable bonds is 4. The van der Waals surface area contributed by atoms with E-state index in [1.807, 2.05) is 88.4 Å². The van der Waals surface area contributed by atoms with Gasteiger partial charge < -0.3 is 0 Å². The molecule has 1 heterocycles. The van der Waals surface area contributed by atoms with Crippen LogP contribution in [0.25, 0.3) is 10.9 Å². The Morgan fingerprint density at radius 3 is 2.35 bits per heavy atom. The van der Waals surface area contributed by atoms with E-state index in [4.69, 9.17) is 0 Å². The number of aryl methyl sites for hydroxylation is 1. The Kier molecular flexibility index (Phi) is 4.85. The number of fused-ring (bicyclic) bond motifs is 1. The summed E-state index contributed by atoms with van der Waals surface area (Å²) in [6, 6.07) is 19.5. The molecule has 0 bridgehead atoms. The zero-order valence-electron chi connectivity index (χ0n) is 15.6. The molecule has 26 heavy (non-hydrogen) atoms. The number of hydrazone groups is 1. The molecule has 0 fully saturated rings. The second-order valence-electron chi connectivity index (χ2n) is 7.41. The highest BCUT2D eigenvalue weighted by atomic mass is 16.1. The first-order valence-corrected chi connectivity index (χ1v) is 8.66. The summed E-state index contributed by atoms with van der Waals surface area (Å²) in [6.45, 7) is 7.69. The SMILES string of the molecule is Cc1ccc(N/N=C(\C(=O)C(C)(C)C)c2ccc3ccccc3n2)cc1. The third-order valence-electron chi connectivity index (χ3n) is 4.09. The number of benzene rings is 2. The van der Waals surface area contributed by atoms with Crippen LogP contribution in [-0.4, -0.2) is 16.5 Å². The molecular weight excluding hydrogens is 322 g/mol. The Morgan fingerprint density at radius 2 is 1.65 bits per heavy atom. The van der Waals surface area contributed by atoms with E-state index in [1.165, 1.54) is 5.56 Å². The van der Waals surface area contributed by atoms with Crippen LogP contribution in [0.3, 0.4) is 0 Å². The van der Waals surface area contributed by atoms with Gasteiger partial charge in [0.15, 0.2) is 11.5 Å². The van der Waals surface area contributed by atoms with Gasteiger partial charge in [0.25, 0.3) is 0 Å². The first-order chi connectivity index (χ1) is 12.3. The standard InChI is InChI=1S/C22H23N3O/c1-15-9-12-17(13-10-15)24-25-20(21(26)22(2,3)4)19-14-11-16-7-5-6-8-18(16)23-19/h5-14,24H,1-4H3/b25-20-. The molecule has 0 aliphatic heterocycles. The molecule has 2 aromatic carbocycles. The van der Waals surface area contributed by atoms with Gasteiger partial charge in [-0.15, -0.1) is 0 Å². The summed E-state index contributed by atoms with van der Waals surface area (Å²) in [5.74, 6) is -0.0557. The third-order valence-corrected chi connectivity index (χ3v) is 4.09. The van der Waals surface area contributed by atoms with E-state index in [0.717, 1.165) is 16.6 Å². The van der Waals surface area contributed by atoms with Gasteiger partial charge in [0.1, 0.15) is 0 Å². The molecule has 0 aliphatic carbocycles. The summed E-state index contributed by atoms with van der Waals surface area (Å²) in [6.07, 6.45) is 0. The van der Waals surface area contributed by atoms with Crippen molar-refractivity contribution in [3.05, 3.63) is 71.9 Å². The minimum absolute atomic E-state index is 0.0557. The fraction of sp³-hybridized carbons (Fsp3) is 0.227. The van der Waals surface area contributed by atoms with Crippen LogP contribution in [0.4, 0.5) is 5.69 Å². The fourth-order valence-corrected chi connectivity index (χ4v) is 2.53. The molecule has 0 amide bonds. The van der Waals surface area contributed by atoms with E-state index in [2.05, 4.69) is 15.5 Å². The lowest BCUT2D eigenvalue weighted by molar-refractivity contribution is -0.119. The summed E-state index contributed by atoms with van der Waals surface area (Å²) in [5.41, 5.74) is 6.19. The van der Waals surface area contributed by atoms with Gasteiger partial charge in [-0.05, 0) is 31.2 Å². The van der Waals surface area contributed by atoms with Crippen LogP contribution in [0.2, 0.25) is 0 Å². The molecule has 0 unspecified atom stereocenters. The minimum atomic E-state index is -0.554. The van der Waals surface area contributed by atoms with Gasteiger partial charge >= 0.3 is 0 Å². The van der Waals surface area contributed by atoms with Crippen molar-refractivity contribution in [2.24, 2.45) is 10.5 Å². The van der Waals surface area contributed by atoms with E-state index < -0.39 is 5.41 Å². The van der Waals surface area contributed by atoms with Gasteiger partial charge in [0.2, 0.25) is 0 Å². The number of hydrogen-bond donors (Lipinski definition) is 1. The first-order valence-electron chi connectivity index (χ1n) is 8.66. The highest BCUT2D eigenvalue weighted by Gasteiger charge is 2.28. The van der Waals surface area contributed by atoms with E-state index in [0.29, 0.717) is 11.4 Å². The van der Waals surface area contributed by atoms with Crippen LogP contribution in [0.5, 0.6) is 0 Å². The Bertz CT molecular complexity index is 967. The fourth-order valence-electron chi connectivity index (χ4n) is 2.53. The number of hydrogen-bond acceptors (Lipinski definition) is 4. The summed E-state index contributed by atoms with van der Waals surface area (Å²) < 4.78 is 0. The molecule has 3 rings (SSSR count). The average Bonchev–Trinajstić information content (AvgIpc) is 2.62. The number of ketones is 1. The van der Waals surface area contributed by atoms with Crippen molar-refractivity contribution in [1.82, 2.24) is 4.98 Å². The number of carbonyl (C=O) groups excluding carboxylic acids is 1. The molecule has 132 valence electrons. The topological polar surface area (TPSA) is 54.4 Å². The second kappa shape index (κ2) is 7.08. The van der Waals surface area contributed by atoms with Crippen LogP contribution in [-0.2, 0) is 4.79 Å². The first kappa shape index (κ1) is 17.8. The third kappa shape index (κ3) is 3.97. The van der Waals surface area contributed by atoms with Crippen LogP contribution in [0, 0.1) is 12.3 Å². The quantitative estimate of drug-likeness (QED) is 0.536. The molecular formula is C22H23N3O. The maximum absolute atomic E-state index is 13.0.